The molecule has 0 spiro atoms. The van der Waals surface area contributed by atoms with Crippen LogP contribution in [0.4, 0.5) is 26.0 Å². The fourth-order valence-electron chi connectivity index (χ4n) is 4.94. The lowest BCUT2D eigenvalue weighted by Crippen LogP contribution is -2.46. The lowest BCUT2D eigenvalue weighted by Gasteiger charge is -2.36. The number of aromatic nitrogens is 2. The third-order valence-corrected chi connectivity index (χ3v) is 6.95. The van der Waals surface area contributed by atoms with Gasteiger partial charge in [-0.2, -0.15) is 8.78 Å². The summed E-state index contributed by atoms with van der Waals surface area (Å²) in [6.07, 6.45) is 3.30. The number of morpholine rings is 1. The molecule has 3 aromatic rings. The first-order valence-corrected chi connectivity index (χ1v) is 12.6. The number of amides is 2. The summed E-state index contributed by atoms with van der Waals surface area (Å²) in [4.78, 5) is 38.1. The lowest BCUT2D eigenvalue weighted by molar-refractivity contribution is -0.119. The first kappa shape index (κ1) is 25.7. The summed E-state index contributed by atoms with van der Waals surface area (Å²) in [5.74, 6) is -3.01. The highest BCUT2D eigenvalue weighted by Gasteiger charge is 2.35. The number of ether oxygens (including phenoxy) is 1. The standard InChI is InChI=1S/C28H29F2N5O3/c1-4-34-25(36)14-21-16-38-10-9-35(21)23-11-19(15-32-26(23)34)22-13-20(6-5-17(22)2)33-27(37)18-7-8-31-24(12-18)28(3,29)30/h5-8,11-13,15,21H,4,9-10,14,16H2,1-3H3,(H,33,37)/t21-/m1/s1. The van der Waals surface area contributed by atoms with Gasteiger partial charge < -0.3 is 15.0 Å². The maximum absolute atomic E-state index is 13.7. The Morgan fingerprint density at radius 3 is 2.79 bits per heavy atom. The molecule has 0 aliphatic carbocycles. The maximum Gasteiger partial charge on any atom is 0.286 e. The van der Waals surface area contributed by atoms with Crippen molar-refractivity contribution in [3.63, 3.8) is 0 Å². The maximum atomic E-state index is 13.7. The zero-order valence-corrected chi connectivity index (χ0v) is 21.5. The molecule has 2 amide bonds. The average molecular weight is 522 g/mol. The second kappa shape index (κ2) is 10.1. The van der Waals surface area contributed by atoms with Crippen LogP contribution in [0.25, 0.3) is 11.1 Å². The Hall–Kier alpha value is -3.92. The van der Waals surface area contributed by atoms with E-state index in [0.717, 1.165) is 35.4 Å². The van der Waals surface area contributed by atoms with Crippen LogP contribution in [0.5, 0.6) is 0 Å². The largest absolute Gasteiger partial charge is 0.377 e. The number of alkyl halides is 2. The molecule has 198 valence electrons. The first-order valence-electron chi connectivity index (χ1n) is 12.6. The van der Waals surface area contributed by atoms with Crippen LogP contribution in [0.2, 0.25) is 0 Å². The lowest BCUT2D eigenvalue weighted by atomic mass is 10.00. The number of halogens is 2. The Morgan fingerprint density at radius 1 is 1.21 bits per heavy atom. The van der Waals surface area contributed by atoms with Crippen LogP contribution in [-0.4, -0.2) is 54.1 Å². The zero-order chi connectivity index (χ0) is 27.0. The number of fused-ring (bicyclic) bond motifs is 3. The summed E-state index contributed by atoms with van der Waals surface area (Å²) >= 11 is 0. The topological polar surface area (TPSA) is 87.7 Å². The van der Waals surface area contributed by atoms with Crippen molar-refractivity contribution < 1.29 is 23.1 Å². The van der Waals surface area contributed by atoms with Gasteiger partial charge in [0, 0.05) is 55.6 Å². The molecular weight excluding hydrogens is 492 g/mol. The van der Waals surface area contributed by atoms with E-state index in [1.54, 1.807) is 17.2 Å². The minimum atomic E-state index is -3.15. The number of carbonyl (C=O) groups excluding carboxylic acids is 2. The second-order valence-electron chi connectivity index (χ2n) is 9.63. The summed E-state index contributed by atoms with van der Waals surface area (Å²) in [5, 5.41) is 2.80. The van der Waals surface area contributed by atoms with Gasteiger partial charge in [0.15, 0.2) is 5.82 Å². The zero-order valence-electron chi connectivity index (χ0n) is 21.5. The number of hydrogen-bond donors (Lipinski definition) is 1. The molecule has 1 N–H and O–H groups in total. The van der Waals surface area contributed by atoms with Crippen molar-refractivity contribution in [2.45, 2.75) is 39.2 Å². The van der Waals surface area contributed by atoms with Crippen LogP contribution in [0.3, 0.4) is 0 Å². The van der Waals surface area contributed by atoms with Gasteiger partial charge in [-0.1, -0.05) is 6.07 Å². The van der Waals surface area contributed by atoms with Crippen LogP contribution in [0, 0.1) is 6.92 Å². The molecule has 8 nitrogen and oxygen atoms in total. The molecule has 1 atom stereocenters. The average Bonchev–Trinajstić information content (AvgIpc) is 3.02. The van der Waals surface area contributed by atoms with E-state index in [4.69, 9.17) is 9.72 Å². The van der Waals surface area contributed by atoms with E-state index in [1.165, 1.54) is 12.3 Å². The van der Waals surface area contributed by atoms with Gasteiger partial charge in [-0.3, -0.25) is 19.5 Å². The summed E-state index contributed by atoms with van der Waals surface area (Å²) in [5.41, 5.74) is 3.68. The van der Waals surface area contributed by atoms with Gasteiger partial charge in [0.1, 0.15) is 5.69 Å². The number of nitrogens with one attached hydrogen (secondary N) is 1. The number of nitrogens with zero attached hydrogens (tertiary/aromatic N) is 4. The molecule has 10 heteroatoms. The molecule has 0 radical (unpaired) electrons. The normalized spacial score (nSPS) is 17.5. The summed E-state index contributed by atoms with van der Waals surface area (Å²) in [6, 6.07) is 9.96. The van der Waals surface area contributed by atoms with E-state index in [-0.39, 0.29) is 17.5 Å². The minimum Gasteiger partial charge on any atom is -0.377 e. The number of hydrogen-bond acceptors (Lipinski definition) is 6. The molecule has 2 aromatic heterocycles. The summed E-state index contributed by atoms with van der Waals surface area (Å²) in [7, 11) is 0. The van der Waals surface area contributed by atoms with Crippen LogP contribution in [-0.2, 0) is 15.5 Å². The smallest absolute Gasteiger partial charge is 0.286 e. The number of anilines is 3. The van der Waals surface area contributed by atoms with E-state index in [9.17, 15) is 18.4 Å². The predicted molar refractivity (Wildman–Crippen MR) is 141 cm³/mol. The fourth-order valence-corrected chi connectivity index (χ4v) is 4.94. The van der Waals surface area contributed by atoms with E-state index < -0.39 is 17.5 Å². The number of pyridine rings is 2. The van der Waals surface area contributed by atoms with Gasteiger partial charge >= 0.3 is 0 Å². The van der Waals surface area contributed by atoms with Crippen LogP contribution in [0.15, 0.2) is 48.8 Å². The second-order valence-corrected chi connectivity index (χ2v) is 9.63. The number of carbonyl (C=O) groups is 2. The molecule has 1 aromatic carbocycles. The van der Waals surface area contributed by atoms with Crippen LogP contribution >= 0.6 is 0 Å². The molecule has 2 aliphatic rings. The molecule has 38 heavy (non-hydrogen) atoms. The van der Waals surface area contributed by atoms with Crippen molar-refractivity contribution in [1.82, 2.24) is 9.97 Å². The molecular formula is C28H29F2N5O3. The van der Waals surface area contributed by atoms with Crippen molar-refractivity contribution in [3.05, 3.63) is 65.6 Å². The number of aryl methyl sites for hydroxylation is 1. The van der Waals surface area contributed by atoms with Gasteiger partial charge in [0.25, 0.3) is 11.8 Å². The molecule has 5 rings (SSSR count). The van der Waals surface area contributed by atoms with E-state index >= 15 is 0 Å². The molecule has 4 heterocycles. The van der Waals surface area contributed by atoms with Gasteiger partial charge in [-0.15, -0.1) is 0 Å². The van der Waals surface area contributed by atoms with Crippen molar-refractivity contribution in [2.24, 2.45) is 0 Å². The molecule has 1 saturated heterocycles. The van der Waals surface area contributed by atoms with Crippen LogP contribution in [0.1, 0.15) is 41.9 Å². The van der Waals surface area contributed by atoms with Gasteiger partial charge in [0.2, 0.25) is 5.91 Å². The van der Waals surface area contributed by atoms with Crippen molar-refractivity contribution >= 4 is 29.0 Å². The Morgan fingerprint density at radius 2 is 2.03 bits per heavy atom. The van der Waals surface area contributed by atoms with Crippen molar-refractivity contribution in [1.29, 1.82) is 0 Å². The Bertz CT molecular complexity index is 1390. The monoisotopic (exact) mass is 521 g/mol. The number of benzene rings is 1. The Balaban J connectivity index is 1.48. The molecule has 0 bridgehead atoms. The van der Waals surface area contributed by atoms with Crippen LogP contribution < -0.4 is 15.1 Å². The van der Waals surface area contributed by atoms with E-state index in [0.29, 0.717) is 44.2 Å². The van der Waals surface area contributed by atoms with Crippen molar-refractivity contribution in [3.8, 4) is 11.1 Å². The minimum absolute atomic E-state index is 0.0213. The first-order chi connectivity index (χ1) is 18.2. The predicted octanol–water partition coefficient (Wildman–Crippen LogP) is 4.78. The fraction of sp³-hybridized carbons (Fsp3) is 0.357. The van der Waals surface area contributed by atoms with Crippen molar-refractivity contribution in [2.75, 3.05) is 41.4 Å². The van der Waals surface area contributed by atoms with Gasteiger partial charge in [-0.05, 0) is 55.3 Å². The molecule has 1 fully saturated rings. The quantitative estimate of drug-likeness (QED) is 0.520. The SMILES string of the molecule is CCN1C(=O)C[C@@H]2COCCN2c2cc(-c3cc(NC(=O)c4ccnc(C(C)(F)F)c4)ccc3C)cnc21. The third-order valence-electron chi connectivity index (χ3n) is 6.95. The third kappa shape index (κ3) is 4.96. The molecule has 0 saturated carbocycles. The molecule has 2 aliphatic heterocycles. The highest BCUT2D eigenvalue weighted by atomic mass is 19.3. The Kier molecular flexibility index (Phi) is 6.83. The number of rotatable bonds is 5. The highest BCUT2D eigenvalue weighted by molar-refractivity contribution is 6.04. The van der Waals surface area contributed by atoms with Gasteiger partial charge in [-0.25, -0.2) is 4.98 Å². The highest BCUT2D eigenvalue weighted by Crippen LogP contribution is 2.38. The molecule has 0 unspecified atom stereocenters. The Labute approximate surface area is 219 Å². The van der Waals surface area contributed by atoms with E-state index in [1.807, 2.05) is 32.0 Å². The summed E-state index contributed by atoms with van der Waals surface area (Å²) in [6.45, 7) is 6.86. The van der Waals surface area contributed by atoms with Gasteiger partial charge in [0.05, 0.1) is 24.9 Å². The van der Waals surface area contributed by atoms with E-state index in [2.05, 4.69) is 15.2 Å². The summed E-state index contributed by atoms with van der Waals surface area (Å²) < 4.78 is 33.0.